The molecule has 0 bridgehead atoms. The number of aryl methyl sites for hydroxylation is 1. The highest BCUT2D eigenvalue weighted by molar-refractivity contribution is 7.89. The Balaban J connectivity index is 1.98. The predicted octanol–water partition coefficient (Wildman–Crippen LogP) is 2.39. The van der Waals surface area contributed by atoms with Crippen LogP contribution in [0.15, 0.2) is 28.5 Å². The summed E-state index contributed by atoms with van der Waals surface area (Å²) in [6, 6.07) is 6.03. The van der Waals surface area contributed by atoms with Crippen LogP contribution in [0.1, 0.15) is 39.8 Å². The van der Waals surface area contributed by atoms with Gasteiger partial charge in [0.15, 0.2) is 11.7 Å². The Bertz CT molecular complexity index is 988. The van der Waals surface area contributed by atoms with Crippen molar-refractivity contribution in [2.45, 2.75) is 36.6 Å². The monoisotopic (exact) mass is 391 g/mol. The number of nitrogens with one attached hydrogen (secondary N) is 1. The quantitative estimate of drug-likeness (QED) is 0.726. The van der Waals surface area contributed by atoms with Gasteiger partial charge in [-0.3, -0.25) is 4.79 Å². The zero-order valence-corrected chi connectivity index (χ0v) is 15.9. The van der Waals surface area contributed by atoms with Crippen LogP contribution in [0.2, 0.25) is 0 Å². The largest absolute Gasteiger partial charge is 0.495 e. The summed E-state index contributed by atoms with van der Waals surface area (Å²) in [6.07, 6.45) is 1.58. The number of hydrogen-bond donors (Lipinski definition) is 1. The van der Waals surface area contributed by atoms with Crippen LogP contribution < -0.4 is 9.46 Å². The average Bonchev–Trinajstić information content (AvgIpc) is 3.32. The van der Waals surface area contributed by atoms with Crippen molar-refractivity contribution in [2.75, 3.05) is 7.11 Å². The second-order valence-corrected chi connectivity index (χ2v) is 8.59. The van der Waals surface area contributed by atoms with Gasteiger partial charge >= 0.3 is 0 Å². The summed E-state index contributed by atoms with van der Waals surface area (Å²) in [4.78, 5) is 16.9. The van der Waals surface area contributed by atoms with Crippen LogP contribution in [0.3, 0.4) is 0 Å². The molecule has 0 unspecified atom stereocenters. The molecule has 1 aromatic carbocycles. The highest BCUT2D eigenvalue weighted by Gasteiger charge is 2.31. The second-order valence-electron chi connectivity index (χ2n) is 6.01. The Morgan fingerprint density at radius 2 is 2.19 bits per heavy atom. The van der Waals surface area contributed by atoms with Crippen LogP contribution in [-0.2, 0) is 10.0 Å². The van der Waals surface area contributed by atoms with E-state index in [-0.39, 0.29) is 22.3 Å². The Morgan fingerprint density at radius 3 is 2.73 bits per heavy atom. The van der Waals surface area contributed by atoms with E-state index in [9.17, 15) is 18.5 Å². The van der Waals surface area contributed by atoms with Gasteiger partial charge in [-0.1, -0.05) is 0 Å². The van der Waals surface area contributed by atoms with Crippen molar-refractivity contribution < 1.29 is 17.9 Å². The molecule has 1 saturated carbocycles. The Morgan fingerprint density at radius 1 is 1.46 bits per heavy atom. The number of hydrogen-bond acceptors (Lipinski definition) is 7. The summed E-state index contributed by atoms with van der Waals surface area (Å²) in [6.45, 7) is 1.78. The number of ketones is 1. The zero-order chi connectivity index (χ0) is 18.9. The Hall–Kier alpha value is -2.28. The van der Waals surface area contributed by atoms with Crippen molar-refractivity contribution in [3.05, 3.63) is 39.8 Å². The number of carbonyl (C=O) groups excluding carboxylic acids is 1. The highest BCUT2D eigenvalue weighted by atomic mass is 32.2. The van der Waals surface area contributed by atoms with Gasteiger partial charge in [0.2, 0.25) is 10.0 Å². The van der Waals surface area contributed by atoms with Gasteiger partial charge in [0.05, 0.1) is 13.2 Å². The van der Waals surface area contributed by atoms with Crippen molar-refractivity contribution in [1.82, 2.24) is 9.71 Å². The molecule has 0 amide bonds. The molecule has 0 saturated heterocycles. The number of sulfonamides is 1. The molecule has 1 N–H and O–H groups in total. The Labute approximate surface area is 155 Å². The number of ether oxygens (including phenoxy) is 1. The normalized spacial score (nSPS) is 15.3. The topological polar surface area (TPSA) is 109 Å². The van der Waals surface area contributed by atoms with Crippen LogP contribution in [0.5, 0.6) is 5.75 Å². The third-order valence-electron chi connectivity index (χ3n) is 3.91. The van der Waals surface area contributed by atoms with E-state index >= 15 is 0 Å². The van der Waals surface area contributed by atoms with E-state index < -0.39 is 21.7 Å². The maximum absolute atomic E-state index is 12.8. The Kier molecular flexibility index (Phi) is 5.09. The van der Waals surface area contributed by atoms with E-state index in [0.29, 0.717) is 5.01 Å². The minimum Gasteiger partial charge on any atom is -0.495 e. The number of nitriles is 1. The molecule has 136 valence electrons. The third-order valence-corrected chi connectivity index (χ3v) is 6.48. The van der Waals surface area contributed by atoms with Crippen LogP contribution in [-0.4, -0.2) is 32.3 Å². The molecule has 0 aliphatic heterocycles. The lowest BCUT2D eigenvalue weighted by Gasteiger charge is -2.12. The molecule has 0 radical (unpaired) electrons. The lowest BCUT2D eigenvalue weighted by Crippen LogP contribution is -2.26. The number of thiazole rings is 1. The highest BCUT2D eigenvalue weighted by Crippen LogP contribution is 2.30. The molecule has 1 aromatic heterocycles. The summed E-state index contributed by atoms with van der Waals surface area (Å²) in [5, 5.41) is 11.6. The minimum atomic E-state index is -3.81. The smallest absolute Gasteiger partial charge is 0.244 e. The van der Waals surface area contributed by atoms with Crippen molar-refractivity contribution in [3.63, 3.8) is 0 Å². The van der Waals surface area contributed by atoms with Gasteiger partial charge in [-0.25, -0.2) is 18.1 Å². The van der Waals surface area contributed by atoms with Gasteiger partial charge in [0, 0.05) is 22.7 Å². The first kappa shape index (κ1) is 18.5. The van der Waals surface area contributed by atoms with Gasteiger partial charge in [-0.2, -0.15) is 5.26 Å². The molecule has 1 fully saturated rings. The number of methoxy groups -OCH3 is 1. The number of aromatic nitrogens is 1. The predicted molar refractivity (Wildman–Crippen MR) is 95.9 cm³/mol. The first-order chi connectivity index (χ1) is 12.4. The number of carbonyl (C=O) groups is 1. The van der Waals surface area contributed by atoms with Crippen LogP contribution >= 0.6 is 11.3 Å². The number of benzene rings is 1. The van der Waals surface area contributed by atoms with E-state index in [1.165, 1.54) is 36.6 Å². The van der Waals surface area contributed by atoms with E-state index in [1.807, 2.05) is 6.07 Å². The van der Waals surface area contributed by atoms with Gasteiger partial charge in [-0.15, -0.1) is 11.3 Å². The van der Waals surface area contributed by atoms with Crippen molar-refractivity contribution in [2.24, 2.45) is 0 Å². The van der Waals surface area contributed by atoms with Crippen molar-refractivity contribution in [3.8, 4) is 11.8 Å². The van der Waals surface area contributed by atoms with E-state index in [0.717, 1.165) is 18.5 Å². The first-order valence-corrected chi connectivity index (χ1v) is 10.3. The van der Waals surface area contributed by atoms with Gasteiger partial charge in [0.1, 0.15) is 15.7 Å². The molecule has 1 aliphatic carbocycles. The molecule has 1 aliphatic rings. The second kappa shape index (κ2) is 7.15. The van der Waals surface area contributed by atoms with Crippen LogP contribution in [0.4, 0.5) is 0 Å². The molecule has 26 heavy (non-hydrogen) atoms. The van der Waals surface area contributed by atoms with Gasteiger partial charge < -0.3 is 4.74 Å². The number of nitrogens with zero attached hydrogens (tertiary/aromatic N) is 2. The summed E-state index contributed by atoms with van der Waals surface area (Å²) < 4.78 is 32.9. The molecule has 0 spiro atoms. The van der Waals surface area contributed by atoms with E-state index in [4.69, 9.17) is 4.74 Å². The summed E-state index contributed by atoms with van der Waals surface area (Å²) in [7, 11) is -2.45. The fourth-order valence-electron chi connectivity index (χ4n) is 2.42. The molecule has 1 heterocycles. The van der Waals surface area contributed by atoms with E-state index in [1.54, 1.807) is 12.3 Å². The average molecular weight is 391 g/mol. The molecular weight excluding hydrogens is 374 g/mol. The lowest BCUT2D eigenvalue weighted by atomic mass is 9.99. The van der Waals surface area contributed by atoms with Gasteiger partial charge in [-0.05, 0) is 38.0 Å². The molecule has 3 rings (SSSR count). The minimum absolute atomic E-state index is 0.0748. The molecule has 1 atom stereocenters. The summed E-state index contributed by atoms with van der Waals surface area (Å²) in [5.74, 6) is -1.42. The van der Waals surface area contributed by atoms with Crippen molar-refractivity contribution in [1.29, 1.82) is 5.26 Å². The molecule has 2 aromatic rings. The maximum Gasteiger partial charge on any atom is 0.244 e. The van der Waals surface area contributed by atoms with Crippen LogP contribution in [0, 0.1) is 18.3 Å². The van der Waals surface area contributed by atoms with Crippen molar-refractivity contribution >= 4 is 27.1 Å². The third kappa shape index (κ3) is 3.77. The molecule has 7 nitrogen and oxygen atoms in total. The van der Waals surface area contributed by atoms with Crippen LogP contribution in [0.25, 0.3) is 0 Å². The molecule has 9 heteroatoms. The molecular formula is C17H17N3O4S2. The fourth-order valence-corrected chi connectivity index (χ4v) is 4.76. The SMILES string of the molecule is COc1ccc(C(=O)[C@H](C#N)c2nc(C)cs2)cc1S(=O)(=O)NC1CC1. The van der Waals surface area contributed by atoms with Gasteiger partial charge in [0.25, 0.3) is 0 Å². The maximum atomic E-state index is 12.8. The van der Waals surface area contributed by atoms with E-state index in [2.05, 4.69) is 9.71 Å². The first-order valence-electron chi connectivity index (χ1n) is 7.92. The number of rotatable bonds is 7. The standard InChI is InChI=1S/C17H17N3O4S2/c1-10-9-25-17(19-10)13(8-18)16(21)11-3-6-14(24-2)15(7-11)26(22,23)20-12-4-5-12/h3,6-7,9,12-13,20H,4-5H2,1-2H3/t13-/m0/s1. The summed E-state index contributed by atoms with van der Waals surface area (Å²) in [5.41, 5.74) is 0.853. The lowest BCUT2D eigenvalue weighted by molar-refractivity contribution is 0.0978. The zero-order valence-electron chi connectivity index (χ0n) is 14.2. The summed E-state index contributed by atoms with van der Waals surface area (Å²) >= 11 is 1.23. The number of Topliss-reactive ketones (excluding diaryl/α,β-unsaturated/α-hetero) is 1. The fraction of sp³-hybridized carbons (Fsp3) is 0.353.